The number of allylic oxidation sites excluding steroid dienone is 1. The Labute approximate surface area is 154 Å². The minimum atomic E-state index is -0.528. The normalized spacial score (nSPS) is 18.1. The van der Waals surface area contributed by atoms with Gasteiger partial charge in [0, 0.05) is 17.8 Å². The van der Waals surface area contributed by atoms with Gasteiger partial charge < -0.3 is 10.1 Å². The first-order valence-electron chi connectivity index (χ1n) is 7.22. The molecular formula is C16H18ClN3O2S2. The first-order chi connectivity index (χ1) is 11.5. The van der Waals surface area contributed by atoms with Crippen molar-refractivity contribution in [1.29, 1.82) is 0 Å². The summed E-state index contributed by atoms with van der Waals surface area (Å²) in [6, 6.07) is 1.34. The Balaban J connectivity index is 2.54. The van der Waals surface area contributed by atoms with Gasteiger partial charge in [0.25, 0.3) is 0 Å². The van der Waals surface area contributed by atoms with Crippen molar-refractivity contribution in [2.45, 2.75) is 19.9 Å². The molecule has 0 spiro atoms. The number of esters is 1. The van der Waals surface area contributed by atoms with Gasteiger partial charge in [0.05, 0.1) is 17.0 Å². The number of hydrogen-bond acceptors (Lipinski definition) is 7. The molecule has 1 aromatic rings. The van der Waals surface area contributed by atoms with E-state index in [9.17, 15) is 4.79 Å². The minimum absolute atomic E-state index is 0.430. The average Bonchev–Trinajstić information content (AvgIpc) is 2.99. The molecule has 1 N–H and O–H groups in total. The molecule has 0 radical (unpaired) electrons. The maximum Gasteiger partial charge on any atom is 0.338 e. The van der Waals surface area contributed by atoms with E-state index in [1.165, 1.54) is 30.2 Å². The summed E-state index contributed by atoms with van der Waals surface area (Å²) in [6.45, 7) is 8.11. The lowest BCUT2D eigenvalue weighted by atomic mass is 9.98. The largest absolute Gasteiger partial charge is 0.466 e. The van der Waals surface area contributed by atoms with Gasteiger partial charge in [0.2, 0.25) is 0 Å². The number of amidine groups is 1. The Hall–Kier alpha value is -1.57. The fourth-order valence-electron chi connectivity index (χ4n) is 2.27. The topological polar surface area (TPSA) is 63.0 Å². The van der Waals surface area contributed by atoms with Crippen LogP contribution in [-0.2, 0) is 9.53 Å². The van der Waals surface area contributed by atoms with E-state index < -0.39 is 12.0 Å². The van der Waals surface area contributed by atoms with Crippen LogP contribution >= 0.6 is 34.7 Å². The highest BCUT2D eigenvalue weighted by Gasteiger charge is 2.32. The molecule has 1 aliphatic heterocycles. The number of thioether (sulfide) groups is 1. The maximum atomic E-state index is 12.2. The van der Waals surface area contributed by atoms with Crippen molar-refractivity contribution in [2.24, 2.45) is 9.98 Å². The number of nitrogens with zero attached hydrogens (tertiary/aromatic N) is 2. The first kappa shape index (κ1) is 18.8. The van der Waals surface area contributed by atoms with E-state index in [4.69, 9.17) is 21.3 Å². The molecule has 0 fully saturated rings. The van der Waals surface area contributed by atoms with Crippen molar-refractivity contribution in [2.75, 3.05) is 13.7 Å². The first-order valence-corrected chi connectivity index (χ1v) is 9.36. The monoisotopic (exact) mass is 383 g/mol. The molecule has 0 bridgehead atoms. The van der Waals surface area contributed by atoms with Gasteiger partial charge in [-0.25, -0.2) is 4.79 Å². The summed E-state index contributed by atoms with van der Waals surface area (Å²) in [4.78, 5) is 21.4. The van der Waals surface area contributed by atoms with Gasteiger partial charge in [-0.1, -0.05) is 29.9 Å². The number of aliphatic imine (C=N–C) groups is 2. The number of carbonyl (C=O) groups excluding carboxylic acids is 1. The van der Waals surface area contributed by atoms with Crippen molar-refractivity contribution >= 4 is 51.5 Å². The second-order valence-corrected chi connectivity index (χ2v) is 7.22. The molecule has 128 valence electrons. The standard InChI is InChI=1S/C16H18ClN3O2S2/c1-5-18-15(23-6-2)14-19-9(3)11(16(21)22-4)12(20-14)10-7-8-24-13(10)17/h6-8,12H,2,5H2,1,3-4H3,(H,19,20). The lowest BCUT2D eigenvalue weighted by Gasteiger charge is -2.25. The second kappa shape index (κ2) is 8.50. The zero-order chi connectivity index (χ0) is 17.7. The van der Waals surface area contributed by atoms with Crippen molar-refractivity contribution in [3.05, 3.63) is 44.6 Å². The molecule has 0 aliphatic carbocycles. The number of thiophene rings is 1. The van der Waals surface area contributed by atoms with Gasteiger partial charge in [-0.2, -0.15) is 0 Å². The molecule has 0 amide bonds. The van der Waals surface area contributed by atoms with Crippen LogP contribution in [0, 0.1) is 0 Å². The van der Waals surface area contributed by atoms with Crippen LogP contribution in [0.25, 0.3) is 0 Å². The fraction of sp³-hybridized carbons (Fsp3) is 0.312. The molecule has 24 heavy (non-hydrogen) atoms. The summed E-state index contributed by atoms with van der Waals surface area (Å²) < 4.78 is 5.52. The number of carbonyl (C=O) groups is 1. The van der Waals surface area contributed by atoms with Crippen LogP contribution in [0.3, 0.4) is 0 Å². The Bertz CT molecular complexity index is 737. The average molecular weight is 384 g/mol. The highest BCUT2D eigenvalue weighted by atomic mass is 35.5. The SMILES string of the molecule is C=CSC(=NCC)C1=NC(c2ccsc2Cl)C(C(=O)OC)=C(C)N1. The van der Waals surface area contributed by atoms with Crippen LogP contribution < -0.4 is 5.32 Å². The molecule has 2 heterocycles. The van der Waals surface area contributed by atoms with Crippen LogP contribution in [0.15, 0.2) is 44.7 Å². The fourth-order valence-corrected chi connectivity index (χ4v) is 3.82. The zero-order valence-electron chi connectivity index (χ0n) is 13.6. The van der Waals surface area contributed by atoms with E-state index in [1.807, 2.05) is 25.3 Å². The predicted molar refractivity (Wildman–Crippen MR) is 103 cm³/mol. The zero-order valence-corrected chi connectivity index (χ0v) is 16.0. The van der Waals surface area contributed by atoms with Crippen LogP contribution in [0.2, 0.25) is 4.34 Å². The van der Waals surface area contributed by atoms with Crippen LogP contribution in [0.5, 0.6) is 0 Å². The molecule has 0 saturated heterocycles. The number of ether oxygens (including phenoxy) is 1. The number of nitrogens with one attached hydrogen (secondary N) is 1. The summed E-state index contributed by atoms with van der Waals surface area (Å²) in [5.41, 5.74) is 1.90. The summed E-state index contributed by atoms with van der Waals surface area (Å²) >= 11 is 9.07. The second-order valence-electron chi connectivity index (χ2n) is 4.75. The van der Waals surface area contributed by atoms with Crippen LogP contribution in [-0.4, -0.2) is 30.5 Å². The maximum absolute atomic E-state index is 12.2. The van der Waals surface area contributed by atoms with E-state index in [2.05, 4.69) is 16.9 Å². The quantitative estimate of drug-likeness (QED) is 0.470. The Kier molecular flexibility index (Phi) is 6.65. The van der Waals surface area contributed by atoms with E-state index >= 15 is 0 Å². The Morgan fingerprint density at radius 2 is 2.42 bits per heavy atom. The van der Waals surface area contributed by atoms with Crippen LogP contribution in [0.4, 0.5) is 0 Å². The number of methoxy groups -OCH3 is 1. The Morgan fingerprint density at radius 1 is 1.67 bits per heavy atom. The van der Waals surface area contributed by atoms with Gasteiger partial charge in [-0.15, -0.1) is 11.3 Å². The third-order valence-corrected chi connectivity index (χ3v) is 5.20. The lowest BCUT2D eigenvalue weighted by molar-refractivity contribution is -0.136. The number of hydrogen-bond donors (Lipinski definition) is 1. The van der Waals surface area contributed by atoms with E-state index in [1.54, 1.807) is 5.41 Å². The van der Waals surface area contributed by atoms with E-state index in [-0.39, 0.29) is 0 Å². The van der Waals surface area contributed by atoms with Gasteiger partial charge in [0.15, 0.2) is 5.84 Å². The van der Waals surface area contributed by atoms with Crippen LogP contribution in [0.1, 0.15) is 25.5 Å². The van der Waals surface area contributed by atoms with Gasteiger partial charge in [-0.05, 0) is 30.7 Å². The van der Waals surface area contributed by atoms with Gasteiger partial charge in [-0.3, -0.25) is 9.98 Å². The Morgan fingerprint density at radius 3 is 2.96 bits per heavy atom. The van der Waals surface area contributed by atoms with Crippen molar-refractivity contribution in [3.63, 3.8) is 0 Å². The third-order valence-electron chi connectivity index (χ3n) is 3.29. The molecule has 8 heteroatoms. The number of rotatable bonds is 5. The summed E-state index contributed by atoms with van der Waals surface area (Å²) in [5.74, 6) is 0.166. The molecule has 1 atom stereocenters. The smallest absolute Gasteiger partial charge is 0.338 e. The predicted octanol–water partition coefficient (Wildman–Crippen LogP) is 4.19. The highest BCUT2D eigenvalue weighted by Crippen LogP contribution is 2.38. The highest BCUT2D eigenvalue weighted by molar-refractivity contribution is 8.18. The third kappa shape index (κ3) is 3.91. The van der Waals surface area contributed by atoms with E-state index in [0.717, 1.165) is 5.56 Å². The van der Waals surface area contributed by atoms with Gasteiger partial charge >= 0.3 is 5.97 Å². The van der Waals surface area contributed by atoms with Crippen molar-refractivity contribution in [3.8, 4) is 0 Å². The molecule has 1 aromatic heterocycles. The molecule has 1 aliphatic rings. The molecule has 0 saturated carbocycles. The molecule has 2 rings (SSSR count). The van der Waals surface area contributed by atoms with Crippen molar-refractivity contribution in [1.82, 2.24) is 5.32 Å². The molecule has 5 nitrogen and oxygen atoms in total. The summed E-state index contributed by atoms with van der Waals surface area (Å²) in [5, 5.41) is 7.44. The van der Waals surface area contributed by atoms with Gasteiger partial charge in [0.1, 0.15) is 11.1 Å². The van der Waals surface area contributed by atoms with Crippen molar-refractivity contribution < 1.29 is 9.53 Å². The summed E-state index contributed by atoms with van der Waals surface area (Å²) in [6.07, 6.45) is 0. The number of halogens is 1. The molecular weight excluding hydrogens is 366 g/mol. The molecule has 1 unspecified atom stereocenters. The minimum Gasteiger partial charge on any atom is -0.466 e. The van der Waals surface area contributed by atoms with E-state index in [0.29, 0.717) is 33.0 Å². The summed E-state index contributed by atoms with van der Waals surface area (Å²) in [7, 11) is 1.35. The molecule has 0 aromatic carbocycles. The lowest BCUT2D eigenvalue weighted by Crippen LogP contribution is -2.35.